The van der Waals surface area contributed by atoms with Gasteiger partial charge in [-0.15, -0.1) is 0 Å². The lowest BCUT2D eigenvalue weighted by atomic mass is 9.92. The number of rotatable bonds is 3. The average molecular weight is 214 g/mol. The Bertz CT molecular complexity index is 223. The topological polar surface area (TPSA) is 61.4 Å². The van der Waals surface area contributed by atoms with Gasteiger partial charge in [-0.3, -0.25) is 4.79 Å². The van der Waals surface area contributed by atoms with Crippen molar-refractivity contribution in [2.45, 2.75) is 45.3 Å². The van der Waals surface area contributed by atoms with Crippen LogP contribution >= 0.6 is 0 Å². The number of hydrogen-bond donors (Lipinski definition) is 3. The van der Waals surface area contributed by atoms with Gasteiger partial charge in [0.2, 0.25) is 5.91 Å². The normalized spacial score (nSPS) is 27.5. The standard InChI is InChI=1S/C11H22N2O2/c1-8-5-4-6-12-9(8)10(14)13-7-11(2,3)15/h8-9,12,15H,4-7H2,1-3H3,(H,13,14). The second-order valence-electron chi connectivity index (χ2n) is 5.08. The van der Waals surface area contributed by atoms with Gasteiger partial charge in [0.1, 0.15) is 0 Å². The van der Waals surface area contributed by atoms with Crippen LogP contribution in [0.1, 0.15) is 33.6 Å². The first-order valence-corrected chi connectivity index (χ1v) is 5.63. The molecule has 1 rings (SSSR count). The minimum atomic E-state index is -0.840. The van der Waals surface area contributed by atoms with Crippen LogP contribution < -0.4 is 10.6 Å². The largest absolute Gasteiger partial charge is 0.389 e. The predicted molar refractivity (Wildman–Crippen MR) is 59.5 cm³/mol. The first-order chi connectivity index (χ1) is 6.90. The summed E-state index contributed by atoms with van der Waals surface area (Å²) in [6.45, 7) is 6.66. The molecule has 2 unspecified atom stereocenters. The van der Waals surface area contributed by atoms with Crippen molar-refractivity contribution in [2.75, 3.05) is 13.1 Å². The highest BCUT2D eigenvalue weighted by Crippen LogP contribution is 2.15. The van der Waals surface area contributed by atoms with E-state index in [1.54, 1.807) is 13.8 Å². The number of piperidine rings is 1. The van der Waals surface area contributed by atoms with E-state index in [0.29, 0.717) is 12.5 Å². The van der Waals surface area contributed by atoms with Crippen LogP contribution in [-0.4, -0.2) is 35.7 Å². The zero-order valence-electron chi connectivity index (χ0n) is 9.84. The van der Waals surface area contributed by atoms with Crippen molar-refractivity contribution in [1.82, 2.24) is 10.6 Å². The molecule has 1 saturated heterocycles. The average Bonchev–Trinajstić information content (AvgIpc) is 2.14. The Balaban J connectivity index is 2.39. The van der Waals surface area contributed by atoms with Gasteiger partial charge in [-0.05, 0) is 39.2 Å². The maximum atomic E-state index is 11.8. The van der Waals surface area contributed by atoms with E-state index in [1.165, 1.54) is 0 Å². The fourth-order valence-electron chi connectivity index (χ4n) is 1.81. The van der Waals surface area contributed by atoms with Crippen LogP contribution in [0.2, 0.25) is 0 Å². The van der Waals surface area contributed by atoms with Crippen molar-refractivity contribution in [1.29, 1.82) is 0 Å². The van der Waals surface area contributed by atoms with Gasteiger partial charge in [0, 0.05) is 6.54 Å². The van der Waals surface area contributed by atoms with E-state index in [1.807, 2.05) is 0 Å². The molecule has 4 heteroatoms. The number of carbonyl (C=O) groups excluding carboxylic acids is 1. The van der Waals surface area contributed by atoms with Gasteiger partial charge in [-0.2, -0.15) is 0 Å². The quantitative estimate of drug-likeness (QED) is 0.631. The minimum absolute atomic E-state index is 0.00400. The summed E-state index contributed by atoms with van der Waals surface area (Å²) in [6, 6.07) is -0.0962. The Hall–Kier alpha value is -0.610. The number of nitrogens with one attached hydrogen (secondary N) is 2. The smallest absolute Gasteiger partial charge is 0.237 e. The molecule has 0 saturated carbocycles. The first kappa shape index (κ1) is 12.5. The van der Waals surface area contributed by atoms with Crippen molar-refractivity contribution in [3.63, 3.8) is 0 Å². The zero-order chi connectivity index (χ0) is 11.5. The highest BCUT2D eigenvalue weighted by Gasteiger charge is 2.27. The van der Waals surface area contributed by atoms with Crippen LogP contribution in [0.15, 0.2) is 0 Å². The van der Waals surface area contributed by atoms with E-state index in [2.05, 4.69) is 17.6 Å². The molecule has 1 amide bonds. The van der Waals surface area contributed by atoms with E-state index in [4.69, 9.17) is 0 Å². The fourth-order valence-corrected chi connectivity index (χ4v) is 1.81. The summed E-state index contributed by atoms with van der Waals surface area (Å²) >= 11 is 0. The van der Waals surface area contributed by atoms with Crippen molar-refractivity contribution in [2.24, 2.45) is 5.92 Å². The molecule has 3 N–H and O–H groups in total. The molecule has 0 aromatic carbocycles. The lowest BCUT2D eigenvalue weighted by molar-refractivity contribution is -0.125. The van der Waals surface area contributed by atoms with Gasteiger partial charge >= 0.3 is 0 Å². The predicted octanol–water partition coefficient (Wildman–Crippen LogP) is 0.262. The van der Waals surface area contributed by atoms with Crippen LogP contribution in [0.4, 0.5) is 0 Å². The van der Waals surface area contributed by atoms with Gasteiger partial charge in [-0.25, -0.2) is 0 Å². The second-order valence-corrected chi connectivity index (χ2v) is 5.08. The third-order valence-electron chi connectivity index (χ3n) is 2.75. The van der Waals surface area contributed by atoms with E-state index < -0.39 is 5.60 Å². The molecule has 1 heterocycles. The molecule has 1 aliphatic rings. The molecule has 15 heavy (non-hydrogen) atoms. The number of aliphatic hydroxyl groups is 1. The van der Waals surface area contributed by atoms with E-state index in [-0.39, 0.29) is 11.9 Å². The summed E-state index contributed by atoms with van der Waals surface area (Å²) in [4.78, 5) is 11.8. The lowest BCUT2D eigenvalue weighted by Gasteiger charge is -2.30. The summed E-state index contributed by atoms with van der Waals surface area (Å²) in [5, 5.41) is 15.5. The molecule has 0 spiro atoms. The molecular formula is C11H22N2O2. The van der Waals surface area contributed by atoms with Crippen LogP contribution in [0.5, 0.6) is 0 Å². The molecule has 0 aromatic rings. The van der Waals surface area contributed by atoms with Crippen LogP contribution in [0, 0.1) is 5.92 Å². The summed E-state index contributed by atoms with van der Waals surface area (Å²) in [6.07, 6.45) is 2.23. The maximum absolute atomic E-state index is 11.8. The summed E-state index contributed by atoms with van der Waals surface area (Å²) < 4.78 is 0. The Morgan fingerprint density at radius 1 is 1.60 bits per heavy atom. The molecule has 1 fully saturated rings. The molecule has 0 radical (unpaired) electrons. The van der Waals surface area contributed by atoms with Crippen molar-refractivity contribution in [3.05, 3.63) is 0 Å². The molecule has 1 aliphatic heterocycles. The van der Waals surface area contributed by atoms with Gasteiger partial charge < -0.3 is 15.7 Å². The third-order valence-corrected chi connectivity index (χ3v) is 2.75. The summed E-state index contributed by atoms with van der Waals surface area (Å²) in [5.41, 5.74) is -0.840. The fraction of sp³-hybridized carbons (Fsp3) is 0.909. The Morgan fingerprint density at radius 2 is 2.27 bits per heavy atom. The molecule has 0 aromatic heterocycles. The van der Waals surface area contributed by atoms with Gasteiger partial charge in [0.25, 0.3) is 0 Å². The Kier molecular flexibility index (Phi) is 4.11. The number of carbonyl (C=O) groups is 1. The maximum Gasteiger partial charge on any atom is 0.237 e. The zero-order valence-corrected chi connectivity index (χ0v) is 9.84. The van der Waals surface area contributed by atoms with Crippen LogP contribution in [0.3, 0.4) is 0 Å². The minimum Gasteiger partial charge on any atom is -0.389 e. The SMILES string of the molecule is CC1CCCNC1C(=O)NCC(C)(C)O. The van der Waals surface area contributed by atoms with Gasteiger partial charge in [0.05, 0.1) is 11.6 Å². The molecular weight excluding hydrogens is 192 g/mol. The van der Waals surface area contributed by atoms with E-state index in [9.17, 15) is 9.90 Å². The number of amides is 1. The Labute approximate surface area is 91.4 Å². The highest BCUT2D eigenvalue weighted by atomic mass is 16.3. The van der Waals surface area contributed by atoms with Crippen LogP contribution in [0.25, 0.3) is 0 Å². The molecule has 0 bridgehead atoms. The second kappa shape index (κ2) is 4.94. The summed E-state index contributed by atoms with van der Waals surface area (Å²) in [7, 11) is 0. The van der Waals surface area contributed by atoms with E-state index >= 15 is 0 Å². The molecule has 0 aliphatic carbocycles. The van der Waals surface area contributed by atoms with Gasteiger partial charge in [0.15, 0.2) is 0 Å². The van der Waals surface area contributed by atoms with Crippen molar-refractivity contribution in [3.8, 4) is 0 Å². The monoisotopic (exact) mass is 214 g/mol. The molecule has 88 valence electrons. The molecule has 2 atom stereocenters. The third kappa shape index (κ3) is 4.18. The Morgan fingerprint density at radius 3 is 2.80 bits per heavy atom. The van der Waals surface area contributed by atoms with Gasteiger partial charge in [-0.1, -0.05) is 6.92 Å². The number of hydrogen-bond acceptors (Lipinski definition) is 3. The molecule has 4 nitrogen and oxygen atoms in total. The van der Waals surface area contributed by atoms with Crippen molar-refractivity contribution >= 4 is 5.91 Å². The van der Waals surface area contributed by atoms with Crippen molar-refractivity contribution < 1.29 is 9.90 Å². The first-order valence-electron chi connectivity index (χ1n) is 5.63. The summed E-state index contributed by atoms with van der Waals surface area (Å²) in [5.74, 6) is 0.380. The van der Waals surface area contributed by atoms with Crippen LogP contribution in [-0.2, 0) is 4.79 Å². The highest BCUT2D eigenvalue weighted by molar-refractivity contribution is 5.82. The van der Waals surface area contributed by atoms with E-state index in [0.717, 1.165) is 19.4 Å². The lowest BCUT2D eigenvalue weighted by Crippen LogP contribution is -2.53.